The van der Waals surface area contributed by atoms with Crippen LogP contribution in [-0.4, -0.2) is 27.3 Å². The van der Waals surface area contributed by atoms with E-state index in [0.29, 0.717) is 22.8 Å². The molecule has 25 heavy (non-hydrogen) atoms. The fourth-order valence-corrected chi connectivity index (χ4v) is 2.82. The zero-order chi connectivity index (χ0) is 17.8. The quantitative estimate of drug-likeness (QED) is 0.651. The van der Waals surface area contributed by atoms with Crippen molar-refractivity contribution in [1.29, 1.82) is 0 Å². The molecule has 0 aliphatic carbocycles. The van der Waals surface area contributed by atoms with Crippen molar-refractivity contribution in [2.45, 2.75) is 19.4 Å². The fourth-order valence-electron chi connectivity index (χ4n) is 2.58. The lowest BCUT2D eigenvalue weighted by molar-refractivity contribution is 0.0935. The van der Waals surface area contributed by atoms with E-state index in [1.807, 2.05) is 37.3 Å². The maximum absolute atomic E-state index is 12.4. The summed E-state index contributed by atoms with van der Waals surface area (Å²) in [5, 5.41) is 19.8. The van der Waals surface area contributed by atoms with Crippen molar-refractivity contribution in [2.75, 3.05) is 0 Å². The minimum Gasteiger partial charge on any atom is -0.508 e. The van der Waals surface area contributed by atoms with E-state index in [2.05, 4.69) is 15.5 Å². The van der Waals surface area contributed by atoms with Crippen LogP contribution in [0.4, 0.5) is 0 Å². The molecule has 0 fully saturated rings. The molecule has 1 amide bonds. The summed E-state index contributed by atoms with van der Waals surface area (Å²) in [5.74, 6) is 0.00193. The third-order valence-corrected chi connectivity index (χ3v) is 4.16. The first-order valence-electron chi connectivity index (χ1n) is 7.92. The van der Waals surface area contributed by atoms with Gasteiger partial charge in [0, 0.05) is 11.6 Å². The monoisotopic (exact) mass is 355 g/mol. The highest BCUT2D eigenvalue weighted by Gasteiger charge is 2.15. The number of halogens is 1. The molecule has 1 aromatic heterocycles. The number of amides is 1. The molecule has 5 nitrogen and oxygen atoms in total. The number of aromatic amines is 1. The summed E-state index contributed by atoms with van der Waals surface area (Å²) in [5.41, 5.74) is 2.82. The number of phenolic OH excluding ortho intramolecular Hbond substituents is 1. The Bertz CT molecular complexity index is 874. The summed E-state index contributed by atoms with van der Waals surface area (Å²) < 4.78 is 0. The van der Waals surface area contributed by atoms with Crippen LogP contribution in [0.15, 0.2) is 54.6 Å². The topological polar surface area (TPSA) is 78.0 Å². The lowest BCUT2D eigenvalue weighted by atomic mass is 10.1. The second-order valence-corrected chi connectivity index (χ2v) is 6.30. The van der Waals surface area contributed by atoms with Crippen molar-refractivity contribution in [3.8, 4) is 17.0 Å². The van der Waals surface area contributed by atoms with Gasteiger partial charge in [0.05, 0.1) is 10.7 Å². The van der Waals surface area contributed by atoms with Crippen LogP contribution in [0.25, 0.3) is 11.3 Å². The highest BCUT2D eigenvalue weighted by molar-refractivity contribution is 6.33. The Hall–Kier alpha value is -2.79. The van der Waals surface area contributed by atoms with Crippen molar-refractivity contribution in [1.82, 2.24) is 15.5 Å². The van der Waals surface area contributed by atoms with Crippen LogP contribution in [0.1, 0.15) is 23.0 Å². The van der Waals surface area contributed by atoms with Gasteiger partial charge < -0.3 is 10.4 Å². The lowest BCUT2D eigenvalue weighted by Crippen LogP contribution is -2.34. The molecule has 1 atom stereocenters. The number of nitrogens with zero attached hydrogens (tertiary/aromatic N) is 1. The van der Waals surface area contributed by atoms with Gasteiger partial charge in [-0.05, 0) is 43.2 Å². The van der Waals surface area contributed by atoms with Gasteiger partial charge in [-0.15, -0.1) is 0 Å². The molecule has 0 bridgehead atoms. The Labute approximate surface area is 150 Å². The first kappa shape index (κ1) is 17.0. The molecule has 3 aromatic rings. The summed E-state index contributed by atoms with van der Waals surface area (Å²) in [6.45, 7) is 1.93. The van der Waals surface area contributed by atoms with Gasteiger partial charge in [-0.25, -0.2) is 0 Å². The van der Waals surface area contributed by atoms with Crippen molar-refractivity contribution < 1.29 is 9.90 Å². The molecule has 3 N–H and O–H groups in total. The second kappa shape index (κ2) is 7.40. The lowest BCUT2D eigenvalue weighted by Gasteiger charge is -2.13. The Balaban J connectivity index is 1.65. The van der Waals surface area contributed by atoms with E-state index in [0.717, 1.165) is 11.1 Å². The van der Waals surface area contributed by atoms with Crippen LogP contribution >= 0.6 is 11.6 Å². The van der Waals surface area contributed by atoms with Gasteiger partial charge in [-0.3, -0.25) is 9.89 Å². The van der Waals surface area contributed by atoms with Crippen molar-refractivity contribution in [2.24, 2.45) is 0 Å². The van der Waals surface area contributed by atoms with Gasteiger partial charge in [-0.1, -0.05) is 41.9 Å². The Morgan fingerprint density at radius 3 is 2.68 bits per heavy atom. The number of aromatic hydroxyl groups is 1. The number of carbonyl (C=O) groups is 1. The van der Waals surface area contributed by atoms with Crippen LogP contribution in [0.5, 0.6) is 5.75 Å². The molecule has 0 spiro atoms. The highest BCUT2D eigenvalue weighted by Crippen LogP contribution is 2.26. The molecule has 0 saturated heterocycles. The van der Waals surface area contributed by atoms with E-state index in [9.17, 15) is 9.90 Å². The van der Waals surface area contributed by atoms with E-state index >= 15 is 0 Å². The van der Waals surface area contributed by atoms with Crippen LogP contribution in [-0.2, 0) is 6.42 Å². The van der Waals surface area contributed by atoms with Gasteiger partial charge >= 0.3 is 0 Å². The summed E-state index contributed by atoms with van der Waals surface area (Å²) in [6, 6.07) is 15.9. The standard InChI is InChI=1S/C19H18ClN3O2/c1-12(10-13-6-8-14(24)9-7-13)21-19(25)18-11-17(22-23-18)15-4-2-3-5-16(15)20/h2-9,11-12,24H,10H2,1H3,(H,21,25)(H,22,23). The van der Waals surface area contributed by atoms with E-state index in [1.54, 1.807) is 24.3 Å². The van der Waals surface area contributed by atoms with Gasteiger partial charge in [0.1, 0.15) is 11.4 Å². The molecule has 0 radical (unpaired) electrons. The summed E-state index contributed by atoms with van der Waals surface area (Å²) >= 11 is 6.16. The van der Waals surface area contributed by atoms with Crippen LogP contribution in [0.3, 0.4) is 0 Å². The third-order valence-electron chi connectivity index (χ3n) is 3.83. The number of benzene rings is 2. The number of H-pyrrole nitrogens is 1. The summed E-state index contributed by atoms with van der Waals surface area (Å²) in [6.07, 6.45) is 0.664. The number of aromatic nitrogens is 2. The molecule has 0 aliphatic heterocycles. The maximum atomic E-state index is 12.4. The zero-order valence-electron chi connectivity index (χ0n) is 13.7. The van der Waals surface area contributed by atoms with Gasteiger partial charge in [0.25, 0.3) is 5.91 Å². The van der Waals surface area contributed by atoms with Crippen LogP contribution in [0.2, 0.25) is 5.02 Å². The number of nitrogens with one attached hydrogen (secondary N) is 2. The number of rotatable bonds is 5. The normalized spacial score (nSPS) is 11.9. The SMILES string of the molecule is CC(Cc1ccc(O)cc1)NC(=O)c1cc(-c2ccccc2Cl)n[nH]1. The average Bonchev–Trinajstić information content (AvgIpc) is 3.07. The van der Waals surface area contributed by atoms with Gasteiger partial charge in [0.2, 0.25) is 0 Å². The van der Waals surface area contributed by atoms with Crippen LogP contribution in [0, 0.1) is 0 Å². The minimum atomic E-state index is -0.225. The van der Waals surface area contributed by atoms with Crippen molar-refractivity contribution >= 4 is 17.5 Å². The molecule has 2 aromatic carbocycles. The smallest absolute Gasteiger partial charge is 0.269 e. The highest BCUT2D eigenvalue weighted by atomic mass is 35.5. The van der Waals surface area contributed by atoms with E-state index in [4.69, 9.17) is 11.6 Å². The summed E-state index contributed by atoms with van der Waals surface area (Å²) in [4.78, 5) is 12.4. The van der Waals surface area contributed by atoms with Crippen molar-refractivity contribution in [3.05, 3.63) is 70.9 Å². The Kier molecular flexibility index (Phi) is 5.05. The predicted octanol–water partition coefficient (Wildman–Crippen LogP) is 3.80. The molecule has 1 unspecified atom stereocenters. The fraction of sp³-hybridized carbons (Fsp3) is 0.158. The minimum absolute atomic E-state index is 0.0656. The maximum Gasteiger partial charge on any atom is 0.269 e. The van der Waals surface area contributed by atoms with Gasteiger partial charge in [0.15, 0.2) is 0 Å². The first-order valence-corrected chi connectivity index (χ1v) is 8.30. The number of hydrogen-bond donors (Lipinski definition) is 3. The van der Waals surface area contributed by atoms with Gasteiger partial charge in [-0.2, -0.15) is 5.10 Å². The van der Waals surface area contributed by atoms with E-state index < -0.39 is 0 Å². The molecule has 128 valence electrons. The number of carbonyl (C=O) groups excluding carboxylic acids is 1. The second-order valence-electron chi connectivity index (χ2n) is 5.89. The third kappa shape index (κ3) is 4.19. The molecule has 0 saturated carbocycles. The molecular weight excluding hydrogens is 338 g/mol. The average molecular weight is 356 g/mol. The Morgan fingerprint density at radius 2 is 1.96 bits per heavy atom. The van der Waals surface area contributed by atoms with Crippen molar-refractivity contribution in [3.63, 3.8) is 0 Å². The molecule has 6 heteroatoms. The molecule has 0 aliphatic rings. The molecule has 1 heterocycles. The zero-order valence-corrected chi connectivity index (χ0v) is 14.4. The number of hydrogen-bond acceptors (Lipinski definition) is 3. The first-order chi connectivity index (χ1) is 12.0. The number of phenols is 1. The Morgan fingerprint density at radius 1 is 1.24 bits per heavy atom. The van der Waals surface area contributed by atoms with E-state index in [-0.39, 0.29) is 17.7 Å². The molecular formula is C19H18ClN3O2. The van der Waals surface area contributed by atoms with Crippen LogP contribution < -0.4 is 5.32 Å². The predicted molar refractivity (Wildman–Crippen MR) is 97.8 cm³/mol. The van der Waals surface area contributed by atoms with E-state index in [1.165, 1.54) is 0 Å². The molecule has 3 rings (SSSR count). The largest absolute Gasteiger partial charge is 0.508 e. The summed E-state index contributed by atoms with van der Waals surface area (Å²) in [7, 11) is 0.